The zero-order valence-corrected chi connectivity index (χ0v) is 12.1. The number of hydrogen-bond donors (Lipinski definition) is 0. The third-order valence-electron chi connectivity index (χ3n) is 4.71. The molecule has 1 saturated heterocycles. The van der Waals surface area contributed by atoms with Gasteiger partial charge in [0.2, 0.25) is 0 Å². The van der Waals surface area contributed by atoms with Crippen LogP contribution in [0, 0.1) is 5.92 Å². The molecule has 18 heavy (non-hydrogen) atoms. The molecule has 0 nitrogen and oxygen atoms in total. The van der Waals surface area contributed by atoms with Crippen molar-refractivity contribution < 1.29 is 0 Å². The van der Waals surface area contributed by atoms with E-state index in [2.05, 4.69) is 30.3 Å². The Balaban J connectivity index is 1.80. The van der Waals surface area contributed by atoms with Gasteiger partial charge in [0.15, 0.2) is 4.90 Å². The van der Waals surface area contributed by atoms with Gasteiger partial charge < -0.3 is 0 Å². The molecule has 0 N–H and O–H groups in total. The highest BCUT2D eigenvalue weighted by Gasteiger charge is 2.35. The molecule has 1 aromatic rings. The molecule has 3 unspecified atom stereocenters. The van der Waals surface area contributed by atoms with Gasteiger partial charge >= 0.3 is 0 Å². The van der Waals surface area contributed by atoms with Crippen LogP contribution in [0.25, 0.3) is 0 Å². The number of benzene rings is 1. The number of rotatable bonds is 1. The van der Waals surface area contributed by atoms with Gasteiger partial charge in [-0.2, -0.15) is 0 Å². The average Bonchev–Trinajstić information content (AvgIpc) is 2.38. The molecule has 1 saturated carbocycles. The predicted octanol–water partition coefficient (Wildman–Crippen LogP) is 4.80. The van der Waals surface area contributed by atoms with Crippen LogP contribution in [0.2, 0.25) is 0 Å². The molecule has 2 aliphatic rings. The highest BCUT2D eigenvalue weighted by molar-refractivity contribution is 7.97. The van der Waals surface area contributed by atoms with E-state index >= 15 is 0 Å². The van der Waals surface area contributed by atoms with Gasteiger partial charge in [-0.15, -0.1) is 0 Å². The number of hydrogen-bond acceptors (Lipinski definition) is 0. The SMILES string of the molecule is c1ccc([S+]2CCCC3CCCCC2CC3)cc1. The Morgan fingerprint density at radius 3 is 2.44 bits per heavy atom. The van der Waals surface area contributed by atoms with Crippen LogP contribution in [0.15, 0.2) is 35.2 Å². The highest BCUT2D eigenvalue weighted by Crippen LogP contribution is 2.35. The first-order valence-electron chi connectivity index (χ1n) is 7.68. The molecule has 2 bridgehead atoms. The summed E-state index contributed by atoms with van der Waals surface area (Å²) in [6, 6.07) is 11.4. The van der Waals surface area contributed by atoms with Crippen LogP contribution < -0.4 is 0 Å². The second-order valence-electron chi connectivity index (χ2n) is 5.94. The third kappa shape index (κ3) is 2.93. The second kappa shape index (κ2) is 6.14. The van der Waals surface area contributed by atoms with Crippen molar-refractivity contribution in [1.29, 1.82) is 0 Å². The molecule has 1 aliphatic heterocycles. The van der Waals surface area contributed by atoms with Gasteiger partial charge in [-0.05, 0) is 56.6 Å². The molecule has 2 fully saturated rings. The van der Waals surface area contributed by atoms with Crippen molar-refractivity contribution >= 4 is 10.9 Å². The van der Waals surface area contributed by atoms with Crippen LogP contribution in [0.3, 0.4) is 0 Å². The second-order valence-corrected chi connectivity index (χ2v) is 8.34. The molecule has 3 atom stereocenters. The molecule has 0 spiro atoms. The Hall–Kier alpha value is -0.430. The van der Waals surface area contributed by atoms with Crippen molar-refractivity contribution in [1.82, 2.24) is 0 Å². The molecule has 0 radical (unpaired) electrons. The molecule has 1 heterocycles. The molecule has 3 rings (SSSR count). The van der Waals surface area contributed by atoms with Crippen LogP contribution in [0.5, 0.6) is 0 Å². The lowest BCUT2D eigenvalue weighted by atomic mass is 9.88. The van der Waals surface area contributed by atoms with Crippen molar-refractivity contribution in [2.24, 2.45) is 5.92 Å². The van der Waals surface area contributed by atoms with Crippen molar-refractivity contribution in [2.75, 3.05) is 5.75 Å². The van der Waals surface area contributed by atoms with E-state index in [0.717, 1.165) is 11.2 Å². The quantitative estimate of drug-likeness (QED) is 0.637. The topological polar surface area (TPSA) is 0 Å². The summed E-state index contributed by atoms with van der Waals surface area (Å²) < 4.78 is 0. The summed E-state index contributed by atoms with van der Waals surface area (Å²) in [6.07, 6.45) is 12.0. The Kier molecular flexibility index (Phi) is 4.30. The summed E-state index contributed by atoms with van der Waals surface area (Å²) in [7, 11) is 0.545. The summed E-state index contributed by atoms with van der Waals surface area (Å²) in [4.78, 5) is 1.64. The monoisotopic (exact) mass is 261 g/mol. The van der Waals surface area contributed by atoms with Crippen LogP contribution in [0.1, 0.15) is 51.4 Å². The summed E-state index contributed by atoms with van der Waals surface area (Å²) in [5, 5.41) is 0.996. The lowest BCUT2D eigenvalue weighted by Crippen LogP contribution is -2.29. The zero-order chi connectivity index (χ0) is 12.2. The maximum Gasteiger partial charge on any atom is 0.155 e. The van der Waals surface area contributed by atoms with E-state index in [4.69, 9.17) is 0 Å². The van der Waals surface area contributed by atoms with Crippen molar-refractivity contribution in [3.63, 3.8) is 0 Å². The summed E-state index contributed by atoms with van der Waals surface area (Å²) in [5.41, 5.74) is 0. The van der Waals surface area contributed by atoms with Gasteiger partial charge in [0, 0.05) is 10.9 Å². The molecule has 98 valence electrons. The maximum absolute atomic E-state index is 2.38. The maximum atomic E-state index is 2.38. The molecular formula is C17H25S+. The smallest absolute Gasteiger partial charge is 0.0619 e. The molecule has 1 aromatic carbocycles. The van der Waals surface area contributed by atoms with Crippen molar-refractivity contribution in [2.45, 2.75) is 61.5 Å². The average molecular weight is 261 g/mol. The molecule has 0 amide bonds. The Bertz CT molecular complexity index is 359. The fourth-order valence-corrected chi connectivity index (χ4v) is 6.50. The third-order valence-corrected chi connectivity index (χ3v) is 7.59. The standard InChI is InChI=1S/C17H25S/c1-2-9-16(10-3-1)18-14-6-8-15-7-4-5-11-17(18)13-12-15/h1-3,9-10,15,17H,4-8,11-14H2/q+1. The first-order valence-corrected chi connectivity index (χ1v) is 9.14. The molecular weight excluding hydrogens is 236 g/mol. The van der Waals surface area contributed by atoms with E-state index in [1.807, 2.05) is 0 Å². The fraction of sp³-hybridized carbons (Fsp3) is 0.647. The number of fused-ring (bicyclic) bond motifs is 3. The van der Waals surface area contributed by atoms with Gasteiger partial charge in [0.25, 0.3) is 0 Å². The first-order chi connectivity index (χ1) is 8.93. The lowest BCUT2D eigenvalue weighted by molar-refractivity contribution is 0.354. The summed E-state index contributed by atoms with van der Waals surface area (Å²) >= 11 is 0. The van der Waals surface area contributed by atoms with Gasteiger partial charge in [-0.3, -0.25) is 0 Å². The zero-order valence-electron chi connectivity index (χ0n) is 11.3. The normalized spacial score (nSPS) is 33.2. The predicted molar refractivity (Wildman–Crippen MR) is 81.2 cm³/mol. The minimum atomic E-state index is 0.545. The highest BCUT2D eigenvalue weighted by atomic mass is 32.2. The van der Waals surface area contributed by atoms with Gasteiger partial charge in [0.1, 0.15) is 11.0 Å². The van der Waals surface area contributed by atoms with E-state index in [-0.39, 0.29) is 0 Å². The van der Waals surface area contributed by atoms with Crippen LogP contribution in [-0.4, -0.2) is 11.0 Å². The Morgan fingerprint density at radius 2 is 1.56 bits per heavy atom. The summed E-state index contributed by atoms with van der Waals surface area (Å²) in [6.45, 7) is 0. The molecule has 0 aromatic heterocycles. The Morgan fingerprint density at radius 1 is 0.778 bits per heavy atom. The van der Waals surface area contributed by atoms with E-state index in [0.29, 0.717) is 10.9 Å². The van der Waals surface area contributed by atoms with E-state index in [9.17, 15) is 0 Å². The first kappa shape index (κ1) is 12.6. The minimum Gasteiger partial charge on any atom is -0.0619 e. The van der Waals surface area contributed by atoms with Crippen molar-refractivity contribution in [3.8, 4) is 0 Å². The van der Waals surface area contributed by atoms with Crippen LogP contribution in [-0.2, 0) is 10.9 Å². The molecule has 1 aliphatic carbocycles. The van der Waals surface area contributed by atoms with Gasteiger partial charge in [-0.1, -0.05) is 31.0 Å². The fourth-order valence-electron chi connectivity index (χ4n) is 3.69. The van der Waals surface area contributed by atoms with Crippen molar-refractivity contribution in [3.05, 3.63) is 30.3 Å². The summed E-state index contributed by atoms with van der Waals surface area (Å²) in [5.74, 6) is 2.53. The Labute approximate surface area is 115 Å². The largest absolute Gasteiger partial charge is 0.155 e. The molecule has 1 heteroatoms. The van der Waals surface area contributed by atoms with Gasteiger partial charge in [-0.25, -0.2) is 0 Å². The van der Waals surface area contributed by atoms with E-state index in [1.54, 1.807) is 4.90 Å². The van der Waals surface area contributed by atoms with E-state index in [1.165, 1.54) is 57.1 Å². The lowest BCUT2D eigenvalue weighted by Gasteiger charge is -2.28. The minimum absolute atomic E-state index is 0.545. The van der Waals surface area contributed by atoms with Crippen LogP contribution in [0.4, 0.5) is 0 Å². The van der Waals surface area contributed by atoms with E-state index < -0.39 is 0 Å². The van der Waals surface area contributed by atoms with Crippen LogP contribution >= 0.6 is 0 Å². The van der Waals surface area contributed by atoms with Gasteiger partial charge in [0.05, 0.1) is 0 Å².